The summed E-state index contributed by atoms with van der Waals surface area (Å²) < 4.78 is 27.4. The Morgan fingerprint density at radius 1 is 1.20 bits per heavy atom. The quantitative estimate of drug-likeness (QED) is 0.863. The number of nitrogens with one attached hydrogen (secondary N) is 1. The molecule has 4 unspecified atom stereocenters. The second-order valence-electron chi connectivity index (χ2n) is 6.63. The van der Waals surface area contributed by atoms with Gasteiger partial charge in [-0.25, -0.2) is 8.78 Å². The zero-order valence-corrected chi connectivity index (χ0v) is 12.3. The molecule has 2 aliphatic carbocycles. The summed E-state index contributed by atoms with van der Waals surface area (Å²) in [4.78, 5) is 0. The topological polar surface area (TPSA) is 12.0 Å². The molecule has 20 heavy (non-hydrogen) atoms. The molecule has 2 fully saturated rings. The molecule has 3 heteroatoms. The number of hydrogen-bond acceptors (Lipinski definition) is 1. The number of fused-ring (bicyclic) bond motifs is 2. The first kappa shape index (κ1) is 14.0. The standard InChI is InChI=1S/C17H23F2N/c1-10-5-14(16(19)9-15(10)18)17(20-2)8-13-7-11-3-4-12(13)6-11/h5,9,11-13,17,20H,3-4,6-8H2,1-2H3. The molecule has 0 radical (unpaired) electrons. The van der Waals surface area contributed by atoms with Gasteiger partial charge in [-0.1, -0.05) is 6.42 Å². The van der Waals surface area contributed by atoms with Crippen LogP contribution in [-0.2, 0) is 0 Å². The number of hydrogen-bond donors (Lipinski definition) is 1. The summed E-state index contributed by atoms with van der Waals surface area (Å²) in [5.41, 5.74) is 1.14. The van der Waals surface area contributed by atoms with E-state index in [1.165, 1.54) is 25.7 Å². The van der Waals surface area contributed by atoms with E-state index >= 15 is 0 Å². The van der Waals surface area contributed by atoms with Gasteiger partial charge in [-0.15, -0.1) is 0 Å². The van der Waals surface area contributed by atoms with Gasteiger partial charge in [0.05, 0.1) is 0 Å². The van der Waals surface area contributed by atoms with E-state index in [-0.39, 0.29) is 6.04 Å². The van der Waals surface area contributed by atoms with E-state index < -0.39 is 11.6 Å². The monoisotopic (exact) mass is 279 g/mol. The number of halogens is 2. The average molecular weight is 279 g/mol. The van der Waals surface area contributed by atoms with Crippen LogP contribution in [0.4, 0.5) is 8.78 Å². The predicted molar refractivity (Wildman–Crippen MR) is 76.5 cm³/mol. The first-order valence-corrected chi connectivity index (χ1v) is 7.71. The molecular formula is C17H23F2N. The van der Waals surface area contributed by atoms with Crippen LogP contribution >= 0.6 is 0 Å². The van der Waals surface area contributed by atoms with E-state index in [2.05, 4.69) is 5.32 Å². The first-order valence-electron chi connectivity index (χ1n) is 7.71. The summed E-state index contributed by atoms with van der Waals surface area (Å²) in [7, 11) is 1.87. The summed E-state index contributed by atoms with van der Waals surface area (Å²) in [5.74, 6) is 1.57. The highest BCUT2D eigenvalue weighted by Gasteiger charge is 2.40. The van der Waals surface area contributed by atoms with Crippen molar-refractivity contribution in [3.8, 4) is 0 Å². The van der Waals surface area contributed by atoms with E-state index in [0.29, 0.717) is 17.0 Å². The molecule has 4 atom stereocenters. The van der Waals surface area contributed by atoms with Crippen molar-refractivity contribution in [3.05, 3.63) is 34.9 Å². The van der Waals surface area contributed by atoms with Crippen LogP contribution in [0.5, 0.6) is 0 Å². The molecule has 0 amide bonds. The highest BCUT2D eigenvalue weighted by Crippen LogP contribution is 2.51. The number of rotatable bonds is 4. The van der Waals surface area contributed by atoms with Crippen LogP contribution in [0.25, 0.3) is 0 Å². The molecule has 0 heterocycles. The van der Waals surface area contributed by atoms with E-state index in [1.807, 2.05) is 7.05 Å². The van der Waals surface area contributed by atoms with Gasteiger partial charge in [-0.3, -0.25) is 0 Å². The van der Waals surface area contributed by atoms with E-state index in [0.717, 1.165) is 24.3 Å². The highest BCUT2D eigenvalue weighted by atomic mass is 19.1. The maximum absolute atomic E-state index is 14.0. The second-order valence-corrected chi connectivity index (χ2v) is 6.63. The van der Waals surface area contributed by atoms with E-state index in [9.17, 15) is 8.78 Å². The van der Waals surface area contributed by atoms with Gasteiger partial charge in [0, 0.05) is 17.7 Å². The van der Waals surface area contributed by atoms with E-state index in [1.54, 1.807) is 13.0 Å². The van der Waals surface area contributed by atoms with Crippen molar-refractivity contribution in [2.24, 2.45) is 17.8 Å². The molecule has 0 aromatic heterocycles. The summed E-state index contributed by atoms with van der Waals surface area (Å²) in [6.45, 7) is 1.70. The van der Waals surface area contributed by atoms with Gasteiger partial charge in [0.15, 0.2) is 0 Å². The van der Waals surface area contributed by atoms with Crippen molar-refractivity contribution in [1.82, 2.24) is 5.32 Å². The van der Waals surface area contributed by atoms with Crippen molar-refractivity contribution in [2.75, 3.05) is 7.05 Å². The molecule has 1 N–H and O–H groups in total. The van der Waals surface area contributed by atoms with Gasteiger partial charge in [0.2, 0.25) is 0 Å². The molecule has 1 nitrogen and oxygen atoms in total. The van der Waals surface area contributed by atoms with Crippen molar-refractivity contribution in [3.63, 3.8) is 0 Å². The zero-order chi connectivity index (χ0) is 14.3. The average Bonchev–Trinajstić information content (AvgIpc) is 3.03. The van der Waals surface area contributed by atoms with Crippen molar-refractivity contribution < 1.29 is 8.78 Å². The van der Waals surface area contributed by atoms with Crippen LogP contribution in [0.2, 0.25) is 0 Å². The largest absolute Gasteiger partial charge is 0.313 e. The maximum atomic E-state index is 14.0. The molecule has 0 aliphatic heterocycles. The third kappa shape index (κ3) is 2.48. The Bertz CT molecular complexity index is 500. The van der Waals surface area contributed by atoms with Crippen LogP contribution in [0.15, 0.2) is 12.1 Å². The van der Waals surface area contributed by atoms with Gasteiger partial charge in [-0.05, 0) is 69.0 Å². The predicted octanol–water partition coefficient (Wildman–Crippen LogP) is 4.36. The van der Waals surface area contributed by atoms with Gasteiger partial charge in [-0.2, -0.15) is 0 Å². The highest BCUT2D eigenvalue weighted by molar-refractivity contribution is 5.28. The summed E-state index contributed by atoms with van der Waals surface area (Å²) in [5, 5.41) is 3.23. The molecule has 0 saturated heterocycles. The molecule has 1 aromatic rings. The lowest BCUT2D eigenvalue weighted by atomic mass is 9.82. The van der Waals surface area contributed by atoms with Crippen molar-refractivity contribution in [1.29, 1.82) is 0 Å². The zero-order valence-electron chi connectivity index (χ0n) is 12.3. The van der Waals surface area contributed by atoms with E-state index in [4.69, 9.17) is 0 Å². The van der Waals surface area contributed by atoms with Gasteiger partial charge < -0.3 is 5.32 Å². The fourth-order valence-corrected chi connectivity index (χ4v) is 4.31. The summed E-state index contributed by atoms with van der Waals surface area (Å²) >= 11 is 0. The van der Waals surface area contributed by atoms with Crippen LogP contribution in [0.1, 0.15) is 49.3 Å². The van der Waals surface area contributed by atoms with Crippen LogP contribution in [-0.4, -0.2) is 7.05 Å². The fourth-order valence-electron chi connectivity index (χ4n) is 4.31. The minimum atomic E-state index is -0.457. The second kappa shape index (κ2) is 5.44. The van der Waals surface area contributed by atoms with Crippen molar-refractivity contribution >= 4 is 0 Å². The lowest BCUT2D eigenvalue weighted by Crippen LogP contribution is -2.23. The molecule has 110 valence electrons. The minimum Gasteiger partial charge on any atom is -0.313 e. The van der Waals surface area contributed by atoms with Crippen molar-refractivity contribution in [2.45, 2.75) is 45.1 Å². The Balaban J connectivity index is 1.78. The number of aryl methyl sites for hydroxylation is 1. The molecule has 2 bridgehead atoms. The molecule has 0 spiro atoms. The van der Waals surface area contributed by atoms with Crippen LogP contribution in [0, 0.1) is 36.3 Å². The van der Waals surface area contributed by atoms with Gasteiger partial charge >= 0.3 is 0 Å². The Morgan fingerprint density at radius 2 is 2.00 bits per heavy atom. The third-order valence-corrected chi connectivity index (χ3v) is 5.42. The molecule has 2 aliphatic rings. The minimum absolute atomic E-state index is 0.00125. The summed E-state index contributed by atoms with van der Waals surface area (Å²) in [6.07, 6.45) is 6.36. The van der Waals surface area contributed by atoms with Gasteiger partial charge in [0.25, 0.3) is 0 Å². The Hall–Kier alpha value is -0.960. The van der Waals surface area contributed by atoms with Crippen LogP contribution < -0.4 is 5.32 Å². The molecule has 2 saturated carbocycles. The Morgan fingerprint density at radius 3 is 2.60 bits per heavy atom. The fraction of sp³-hybridized carbons (Fsp3) is 0.647. The Kier molecular flexibility index (Phi) is 3.80. The molecule has 1 aromatic carbocycles. The summed E-state index contributed by atoms with van der Waals surface area (Å²) in [6, 6.07) is 2.69. The molecule has 3 rings (SSSR count). The smallest absolute Gasteiger partial charge is 0.130 e. The normalized spacial score (nSPS) is 29.9. The third-order valence-electron chi connectivity index (χ3n) is 5.42. The molecular weight excluding hydrogens is 256 g/mol. The first-order chi connectivity index (χ1) is 9.58. The van der Waals surface area contributed by atoms with Gasteiger partial charge in [0.1, 0.15) is 11.6 Å². The maximum Gasteiger partial charge on any atom is 0.130 e. The number of benzene rings is 1. The SMILES string of the molecule is CNC(CC1CC2CCC1C2)c1cc(C)c(F)cc1F. The Labute approximate surface area is 119 Å². The lowest BCUT2D eigenvalue weighted by Gasteiger charge is -2.27. The lowest BCUT2D eigenvalue weighted by molar-refractivity contribution is 0.281. The van der Waals surface area contributed by atoms with Crippen LogP contribution in [0.3, 0.4) is 0 Å².